The zero-order chi connectivity index (χ0) is 19.2. The third-order valence-electron chi connectivity index (χ3n) is 4.27. The quantitative estimate of drug-likeness (QED) is 0.787. The van der Waals surface area contributed by atoms with Gasteiger partial charge in [-0.05, 0) is 38.3 Å². The number of furan rings is 1. The molecule has 8 heteroatoms. The van der Waals surface area contributed by atoms with Crippen LogP contribution in [0.25, 0.3) is 0 Å². The number of amides is 2. The van der Waals surface area contributed by atoms with E-state index in [1.807, 2.05) is 19.1 Å². The van der Waals surface area contributed by atoms with Gasteiger partial charge in [0.25, 0.3) is 5.91 Å². The lowest BCUT2D eigenvalue weighted by Gasteiger charge is -2.13. The average molecular weight is 370 g/mol. The predicted molar refractivity (Wildman–Crippen MR) is 98.5 cm³/mol. The normalized spacial score (nSPS) is 14.5. The second-order valence-corrected chi connectivity index (χ2v) is 6.14. The van der Waals surface area contributed by atoms with E-state index < -0.39 is 6.09 Å². The number of rotatable bonds is 5. The first kappa shape index (κ1) is 18.6. The van der Waals surface area contributed by atoms with Gasteiger partial charge in [0.15, 0.2) is 5.76 Å². The molecular formula is C19H22N4O4. The van der Waals surface area contributed by atoms with E-state index in [-0.39, 0.29) is 18.3 Å². The van der Waals surface area contributed by atoms with Crippen molar-refractivity contribution in [3.05, 3.63) is 52.7 Å². The number of carbonyl (C=O) groups excluding carboxylic acids is 2. The van der Waals surface area contributed by atoms with Crippen molar-refractivity contribution in [2.24, 2.45) is 5.10 Å². The molecule has 1 aliphatic rings. The summed E-state index contributed by atoms with van der Waals surface area (Å²) in [6, 6.07) is 3.71. The van der Waals surface area contributed by atoms with Crippen LogP contribution in [0.4, 0.5) is 4.79 Å². The summed E-state index contributed by atoms with van der Waals surface area (Å²) in [7, 11) is 0. The summed E-state index contributed by atoms with van der Waals surface area (Å²) in [5, 5.41) is 7.01. The molecule has 8 nitrogen and oxygen atoms in total. The number of fused-ring (bicyclic) bond motifs is 1. The van der Waals surface area contributed by atoms with Crippen molar-refractivity contribution in [3.63, 3.8) is 0 Å². The monoisotopic (exact) mass is 370 g/mol. The van der Waals surface area contributed by atoms with Crippen LogP contribution in [-0.4, -0.2) is 29.3 Å². The Morgan fingerprint density at radius 3 is 2.96 bits per heavy atom. The molecule has 27 heavy (non-hydrogen) atoms. The second kappa shape index (κ2) is 8.48. The third kappa shape index (κ3) is 4.33. The number of aryl methyl sites for hydroxylation is 1. The van der Waals surface area contributed by atoms with Crippen LogP contribution in [0.1, 0.15) is 52.8 Å². The molecule has 0 saturated carbocycles. The van der Waals surface area contributed by atoms with Crippen LogP contribution in [0, 0.1) is 6.92 Å². The summed E-state index contributed by atoms with van der Waals surface area (Å²) in [5.74, 6) is 0.702. The fourth-order valence-electron chi connectivity index (χ4n) is 3.04. The summed E-state index contributed by atoms with van der Waals surface area (Å²) in [4.78, 5) is 28.1. The lowest BCUT2D eigenvalue weighted by Crippen LogP contribution is -2.24. The first-order chi connectivity index (χ1) is 13.1. The number of aromatic nitrogens is 1. The number of ether oxygens (including phenoxy) is 1. The van der Waals surface area contributed by atoms with E-state index in [9.17, 15) is 9.59 Å². The minimum Gasteiger partial charge on any atom is -0.455 e. The Morgan fingerprint density at radius 1 is 1.37 bits per heavy atom. The summed E-state index contributed by atoms with van der Waals surface area (Å²) in [5.41, 5.74) is 5.50. The van der Waals surface area contributed by atoms with E-state index in [2.05, 4.69) is 20.8 Å². The molecule has 2 aromatic heterocycles. The molecule has 0 atom stereocenters. The molecule has 0 bridgehead atoms. The molecule has 142 valence electrons. The Labute approximate surface area is 157 Å². The van der Waals surface area contributed by atoms with Crippen LogP contribution in [0.15, 0.2) is 34.0 Å². The summed E-state index contributed by atoms with van der Waals surface area (Å²) in [6.45, 7) is 4.19. The Morgan fingerprint density at radius 2 is 2.22 bits per heavy atom. The molecule has 3 rings (SSSR count). The second-order valence-electron chi connectivity index (χ2n) is 6.14. The topological polar surface area (TPSA) is 106 Å². The highest BCUT2D eigenvalue weighted by Gasteiger charge is 2.28. The highest BCUT2D eigenvalue weighted by molar-refractivity contribution is 6.06. The van der Waals surface area contributed by atoms with Gasteiger partial charge in [-0.15, -0.1) is 0 Å². The smallest absolute Gasteiger partial charge is 0.427 e. The molecule has 0 spiro atoms. The maximum atomic E-state index is 12.6. The number of carbonyl (C=O) groups is 2. The molecular weight excluding hydrogens is 348 g/mol. The molecule has 2 amide bonds. The van der Waals surface area contributed by atoms with E-state index in [1.165, 1.54) is 0 Å². The molecule has 1 aliphatic carbocycles. The van der Waals surface area contributed by atoms with Crippen LogP contribution >= 0.6 is 0 Å². The van der Waals surface area contributed by atoms with Crippen LogP contribution < -0.4 is 10.7 Å². The van der Waals surface area contributed by atoms with Crippen LogP contribution in [0.3, 0.4) is 0 Å². The number of nitrogens with zero attached hydrogens (tertiary/aromatic N) is 2. The number of hydrazone groups is 1. The lowest BCUT2D eigenvalue weighted by molar-refractivity contribution is 0.0920. The highest BCUT2D eigenvalue weighted by Crippen LogP contribution is 2.29. The molecule has 0 aromatic carbocycles. The van der Waals surface area contributed by atoms with Crippen molar-refractivity contribution in [1.29, 1.82) is 0 Å². The first-order valence-corrected chi connectivity index (χ1v) is 8.89. The Hall–Kier alpha value is -3.16. The third-order valence-corrected chi connectivity index (χ3v) is 4.27. The zero-order valence-electron chi connectivity index (χ0n) is 15.4. The lowest BCUT2D eigenvalue weighted by atomic mass is 9.93. The molecule has 2 N–H and O–H groups in total. The van der Waals surface area contributed by atoms with Gasteiger partial charge in [0.2, 0.25) is 0 Å². The van der Waals surface area contributed by atoms with Crippen LogP contribution in [0.2, 0.25) is 0 Å². The van der Waals surface area contributed by atoms with E-state index in [1.54, 1.807) is 19.3 Å². The molecule has 0 unspecified atom stereocenters. The van der Waals surface area contributed by atoms with Crippen LogP contribution in [-0.2, 0) is 17.7 Å². The van der Waals surface area contributed by atoms with Gasteiger partial charge in [0.05, 0.1) is 12.3 Å². The van der Waals surface area contributed by atoms with Crippen molar-refractivity contribution in [2.75, 3.05) is 6.61 Å². The van der Waals surface area contributed by atoms with Crippen LogP contribution in [0.5, 0.6) is 0 Å². The van der Waals surface area contributed by atoms with Crippen molar-refractivity contribution < 1.29 is 18.7 Å². The minimum absolute atomic E-state index is 0.272. The van der Waals surface area contributed by atoms with Crippen molar-refractivity contribution in [2.45, 2.75) is 39.7 Å². The van der Waals surface area contributed by atoms with Gasteiger partial charge in [0, 0.05) is 36.5 Å². The van der Waals surface area contributed by atoms with Gasteiger partial charge in [-0.1, -0.05) is 6.07 Å². The van der Waals surface area contributed by atoms with Gasteiger partial charge in [-0.25, -0.2) is 10.2 Å². The maximum Gasteiger partial charge on any atom is 0.427 e. The number of pyridine rings is 1. The van der Waals surface area contributed by atoms with Crippen molar-refractivity contribution in [3.8, 4) is 0 Å². The van der Waals surface area contributed by atoms with Gasteiger partial charge >= 0.3 is 6.09 Å². The van der Waals surface area contributed by atoms with Crippen molar-refractivity contribution >= 4 is 17.7 Å². The molecule has 2 heterocycles. The SMILES string of the molecule is CCOC(=O)N/N=C1\CCCc2oc(C(=O)NCc3cccnc3)c(C)c21. The van der Waals surface area contributed by atoms with Gasteiger partial charge < -0.3 is 14.5 Å². The minimum atomic E-state index is -0.604. The van der Waals surface area contributed by atoms with E-state index >= 15 is 0 Å². The Balaban J connectivity index is 1.76. The fraction of sp³-hybridized carbons (Fsp3) is 0.368. The maximum absolute atomic E-state index is 12.6. The first-order valence-electron chi connectivity index (χ1n) is 8.89. The number of hydrogen-bond donors (Lipinski definition) is 2. The average Bonchev–Trinajstić information content (AvgIpc) is 3.03. The van der Waals surface area contributed by atoms with E-state index in [4.69, 9.17) is 9.15 Å². The predicted octanol–water partition coefficient (Wildman–Crippen LogP) is 2.70. The number of nitrogens with one attached hydrogen (secondary N) is 2. The summed E-state index contributed by atoms with van der Waals surface area (Å²) < 4.78 is 10.6. The fourth-order valence-corrected chi connectivity index (χ4v) is 3.04. The standard InChI is InChI=1S/C19H22N4O4/c1-3-26-19(25)23-22-14-7-4-8-15-16(14)12(2)17(27-15)18(24)21-11-13-6-5-9-20-10-13/h5-6,9-10H,3-4,7-8,11H2,1-2H3,(H,21,24)(H,23,25)/b22-14+. The Kier molecular flexibility index (Phi) is 5.85. The van der Waals surface area contributed by atoms with Crippen molar-refractivity contribution in [1.82, 2.24) is 15.7 Å². The Bertz CT molecular complexity index is 858. The highest BCUT2D eigenvalue weighted by atomic mass is 16.5. The number of hydrogen-bond acceptors (Lipinski definition) is 6. The molecule has 0 fully saturated rings. The van der Waals surface area contributed by atoms with E-state index in [0.717, 1.165) is 35.3 Å². The molecule has 2 aromatic rings. The van der Waals surface area contributed by atoms with E-state index in [0.29, 0.717) is 18.7 Å². The zero-order valence-corrected chi connectivity index (χ0v) is 15.4. The largest absolute Gasteiger partial charge is 0.455 e. The molecule has 0 radical (unpaired) electrons. The summed E-state index contributed by atoms with van der Waals surface area (Å²) >= 11 is 0. The molecule has 0 saturated heterocycles. The van der Waals surface area contributed by atoms with Gasteiger partial charge in [-0.3, -0.25) is 9.78 Å². The summed E-state index contributed by atoms with van der Waals surface area (Å²) in [6.07, 6.45) is 5.03. The van der Waals surface area contributed by atoms with Gasteiger partial charge in [-0.2, -0.15) is 5.10 Å². The molecule has 0 aliphatic heterocycles. The van der Waals surface area contributed by atoms with Gasteiger partial charge in [0.1, 0.15) is 5.76 Å².